The summed E-state index contributed by atoms with van der Waals surface area (Å²) in [5.74, 6) is -0.579. The molecule has 31 heavy (non-hydrogen) atoms. The number of hydrogen-bond acceptors (Lipinski definition) is 6. The van der Waals surface area contributed by atoms with Gasteiger partial charge in [0.25, 0.3) is 0 Å². The standard InChI is InChI=1S/C23H20F2N4OS/c1-12-9-14(5-7-26-12)19-10-15(6-8-30-19)22-28-20(17-4-3-16(24)11-18(17)25)21-23(29-22)31-13(2)27-21/h3-5,7,9,11,15,19H,6,8,10H2,1-2H3/t15-,19-/m1/s1. The SMILES string of the molecule is Cc1cc([C@H]2C[C@H](c3nc(-c4ccc(F)cc4F)c4nc(C)sc4n3)CCO2)ccn1. The minimum absolute atomic E-state index is 0.0567. The number of aryl methyl sites for hydroxylation is 2. The summed E-state index contributed by atoms with van der Waals surface area (Å²) >= 11 is 1.45. The number of aromatic nitrogens is 4. The van der Waals surface area contributed by atoms with Gasteiger partial charge in [0.05, 0.1) is 11.1 Å². The second-order valence-corrected chi connectivity index (χ2v) is 8.93. The van der Waals surface area contributed by atoms with Crippen LogP contribution in [-0.2, 0) is 4.74 Å². The van der Waals surface area contributed by atoms with E-state index in [0.717, 1.165) is 35.2 Å². The predicted octanol–water partition coefficient (Wildman–Crippen LogP) is 5.68. The van der Waals surface area contributed by atoms with Crippen molar-refractivity contribution in [2.24, 2.45) is 0 Å². The molecule has 1 saturated heterocycles. The second kappa shape index (κ2) is 8.01. The molecule has 8 heteroatoms. The summed E-state index contributed by atoms with van der Waals surface area (Å²) in [6.45, 7) is 4.42. The van der Waals surface area contributed by atoms with E-state index in [-0.39, 0.29) is 17.6 Å². The van der Waals surface area contributed by atoms with Crippen molar-refractivity contribution in [1.82, 2.24) is 19.9 Å². The predicted molar refractivity (Wildman–Crippen MR) is 115 cm³/mol. The van der Waals surface area contributed by atoms with Crippen molar-refractivity contribution in [2.75, 3.05) is 6.61 Å². The van der Waals surface area contributed by atoms with Crippen molar-refractivity contribution in [3.8, 4) is 11.3 Å². The van der Waals surface area contributed by atoms with E-state index in [0.29, 0.717) is 28.5 Å². The van der Waals surface area contributed by atoms with Crippen LogP contribution in [0.5, 0.6) is 0 Å². The van der Waals surface area contributed by atoms with Gasteiger partial charge in [0.15, 0.2) is 0 Å². The molecule has 3 aromatic heterocycles. The van der Waals surface area contributed by atoms with Crippen LogP contribution in [0.2, 0.25) is 0 Å². The molecule has 5 rings (SSSR count). The van der Waals surface area contributed by atoms with Crippen molar-refractivity contribution in [1.29, 1.82) is 0 Å². The Labute approximate surface area is 182 Å². The molecule has 1 aliphatic rings. The Balaban J connectivity index is 1.57. The first-order chi connectivity index (χ1) is 15.0. The third-order valence-electron chi connectivity index (χ3n) is 5.51. The van der Waals surface area contributed by atoms with Crippen LogP contribution < -0.4 is 0 Å². The fourth-order valence-electron chi connectivity index (χ4n) is 4.03. The van der Waals surface area contributed by atoms with Crippen LogP contribution in [0.25, 0.3) is 21.6 Å². The van der Waals surface area contributed by atoms with E-state index in [4.69, 9.17) is 14.7 Å². The molecule has 2 atom stereocenters. The third-order valence-corrected chi connectivity index (χ3v) is 6.38. The fourth-order valence-corrected chi connectivity index (χ4v) is 4.82. The minimum Gasteiger partial charge on any atom is -0.373 e. The lowest BCUT2D eigenvalue weighted by Gasteiger charge is -2.29. The molecular weight excluding hydrogens is 418 g/mol. The lowest BCUT2D eigenvalue weighted by molar-refractivity contribution is 0.00395. The number of thiazole rings is 1. The Morgan fingerprint density at radius 2 is 1.94 bits per heavy atom. The first-order valence-corrected chi connectivity index (χ1v) is 10.9. The quantitative estimate of drug-likeness (QED) is 0.412. The third kappa shape index (κ3) is 3.93. The number of benzene rings is 1. The van der Waals surface area contributed by atoms with Crippen LogP contribution in [0.3, 0.4) is 0 Å². The first kappa shape index (κ1) is 20.1. The van der Waals surface area contributed by atoms with Gasteiger partial charge in [-0.1, -0.05) is 11.3 Å². The number of halogens is 2. The minimum atomic E-state index is -0.659. The summed E-state index contributed by atoms with van der Waals surface area (Å²) in [4.78, 5) is 19.0. The monoisotopic (exact) mass is 438 g/mol. The molecule has 0 bridgehead atoms. The van der Waals surface area contributed by atoms with E-state index >= 15 is 0 Å². The van der Waals surface area contributed by atoms with Gasteiger partial charge in [0.2, 0.25) is 0 Å². The van der Waals surface area contributed by atoms with Crippen molar-refractivity contribution in [3.05, 3.63) is 70.3 Å². The zero-order valence-corrected chi connectivity index (χ0v) is 17.9. The molecular formula is C23H20F2N4OS. The highest BCUT2D eigenvalue weighted by molar-refractivity contribution is 7.18. The van der Waals surface area contributed by atoms with Crippen molar-refractivity contribution in [2.45, 2.75) is 38.7 Å². The molecule has 4 heterocycles. The summed E-state index contributed by atoms with van der Waals surface area (Å²) in [6.07, 6.45) is 3.21. The molecule has 1 aromatic carbocycles. The number of ether oxygens (including phenoxy) is 1. The molecule has 0 radical (unpaired) electrons. The van der Waals surface area contributed by atoms with E-state index in [1.54, 1.807) is 6.20 Å². The molecule has 1 aliphatic heterocycles. The zero-order valence-electron chi connectivity index (χ0n) is 17.1. The molecule has 0 spiro atoms. The van der Waals surface area contributed by atoms with Gasteiger partial charge in [0, 0.05) is 36.0 Å². The smallest absolute Gasteiger partial charge is 0.147 e. The molecule has 4 aromatic rings. The normalized spacial score (nSPS) is 19.1. The van der Waals surface area contributed by atoms with Gasteiger partial charge >= 0.3 is 0 Å². The highest BCUT2D eigenvalue weighted by Gasteiger charge is 2.29. The second-order valence-electron chi connectivity index (χ2n) is 7.75. The van der Waals surface area contributed by atoms with Crippen molar-refractivity contribution in [3.63, 3.8) is 0 Å². The Kier molecular flexibility index (Phi) is 5.19. The Morgan fingerprint density at radius 3 is 2.74 bits per heavy atom. The van der Waals surface area contributed by atoms with Crippen LogP contribution in [0, 0.1) is 25.5 Å². The number of fused-ring (bicyclic) bond motifs is 1. The maximum atomic E-state index is 14.6. The molecule has 158 valence electrons. The molecule has 1 fully saturated rings. The maximum absolute atomic E-state index is 14.6. The van der Waals surface area contributed by atoms with Crippen molar-refractivity contribution < 1.29 is 13.5 Å². The molecule has 5 nitrogen and oxygen atoms in total. The van der Waals surface area contributed by atoms with Gasteiger partial charge in [-0.05, 0) is 56.5 Å². The van der Waals surface area contributed by atoms with E-state index < -0.39 is 11.6 Å². The van der Waals surface area contributed by atoms with Gasteiger partial charge in [-0.3, -0.25) is 4.98 Å². The van der Waals surface area contributed by atoms with E-state index in [1.165, 1.54) is 23.5 Å². The average molecular weight is 439 g/mol. The lowest BCUT2D eigenvalue weighted by atomic mass is 9.91. The highest BCUT2D eigenvalue weighted by Crippen LogP contribution is 2.39. The summed E-state index contributed by atoms with van der Waals surface area (Å²) < 4.78 is 34.1. The molecule has 0 N–H and O–H groups in total. The van der Waals surface area contributed by atoms with Crippen LogP contribution in [0.1, 0.15) is 47.0 Å². The van der Waals surface area contributed by atoms with Crippen LogP contribution in [0.4, 0.5) is 8.78 Å². The fraction of sp³-hybridized carbons (Fsp3) is 0.304. The zero-order chi connectivity index (χ0) is 21.5. The van der Waals surface area contributed by atoms with Crippen LogP contribution in [0.15, 0.2) is 36.5 Å². The summed E-state index contributed by atoms with van der Waals surface area (Å²) in [5, 5.41) is 0.822. The molecule has 0 saturated carbocycles. The van der Waals surface area contributed by atoms with E-state index in [9.17, 15) is 8.78 Å². The highest BCUT2D eigenvalue weighted by atomic mass is 32.1. The largest absolute Gasteiger partial charge is 0.373 e. The van der Waals surface area contributed by atoms with Gasteiger partial charge in [-0.25, -0.2) is 23.7 Å². The lowest BCUT2D eigenvalue weighted by Crippen LogP contribution is -2.20. The van der Waals surface area contributed by atoms with Gasteiger partial charge < -0.3 is 4.74 Å². The molecule has 0 aliphatic carbocycles. The Bertz CT molecular complexity index is 1280. The summed E-state index contributed by atoms with van der Waals surface area (Å²) in [5.41, 5.74) is 3.20. The number of pyridine rings is 1. The van der Waals surface area contributed by atoms with E-state index in [2.05, 4.69) is 9.97 Å². The topological polar surface area (TPSA) is 60.8 Å². The van der Waals surface area contributed by atoms with Gasteiger partial charge in [0.1, 0.15) is 33.5 Å². The Hall–Kier alpha value is -2.84. The van der Waals surface area contributed by atoms with Crippen LogP contribution in [-0.4, -0.2) is 26.5 Å². The first-order valence-electron chi connectivity index (χ1n) is 10.1. The number of nitrogens with zero attached hydrogens (tertiary/aromatic N) is 4. The summed E-state index contributed by atoms with van der Waals surface area (Å²) in [6, 6.07) is 7.52. The number of hydrogen-bond donors (Lipinski definition) is 0. The average Bonchev–Trinajstić information content (AvgIpc) is 3.13. The van der Waals surface area contributed by atoms with Crippen molar-refractivity contribution >= 4 is 21.7 Å². The van der Waals surface area contributed by atoms with Gasteiger partial charge in [-0.15, -0.1) is 0 Å². The maximum Gasteiger partial charge on any atom is 0.147 e. The Morgan fingerprint density at radius 1 is 1.06 bits per heavy atom. The van der Waals surface area contributed by atoms with E-state index in [1.807, 2.05) is 26.0 Å². The van der Waals surface area contributed by atoms with Crippen LogP contribution >= 0.6 is 11.3 Å². The molecule has 0 amide bonds. The van der Waals surface area contributed by atoms with Gasteiger partial charge in [-0.2, -0.15) is 0 Å². The summed E-state index contributed by atoms with van der Waals surface area (Å²) in [7, 11) is 0. The molecule has 0 unspecified atom stereocenters. The number of rotatable bonds is 3.